The zero-order valence-corrected chi connectivity index (χ0v) is 15.7. The lowest BCUT2D eigenvalue weighted by Gasteiger charge is -2.37. The first-order valence-electron chi connectivity index (χ1n) is 7.75. The molecule has 4 aliphatic rings. The van der Waals surface area contributed by atoms with Crippen LogP contribution in [-0.2, 0) is 9.59 Å². The lowest BCUT2D eigenvalue weighted by atomic mass is 9.63. The third-order valence-electron chi connectivity index (χ3n) is 5.10. The van der Waals surface area contributed by atoms with Gasteiger partial charge in [0.1, 0.15) is 5.75 Å². The molecule has 124 valence electrons. The van der Waals surface area contributed by atoms with Gasteiger partial charge in [0.05, 0.1) is 27.0 Å². The van der Waals surface area contributed by atoms with Crippen LogP contribution < -0.4 is 0 Å². The minimum Gasteiger partial charge on any atom is -0.506 e. The molecule has 0 aromatic heterocycles. The van der Waals surface area contributed by atoms with E-state index in [9.17, 15) is 14.7 Å². The lowest BCUT2D eigenvalue weighted by molar-refractivity contribution is -0.140. The number of benzene rings is 1. The van der Waals surface area contributed by atoms with Crippen LogP contribution in [0.3, 0.4) is 0 Å². The van der Waals surface area contributed by atoms with E-state index in [1.807, 2.05) is 0 Å². The highest BCUT2D eigenvalue weighted by Crippen LogP contribution is 2.49. The zero-order chi connectivity index (χ0) is 17.0. The number of phenolic OH excluding ortho intramolecular Hbond substituents is 1. The molecule has 1 aromatic rings. The van der Waals surface area contributed by atoms with Crippen molar-refractivity contribution in [1.29, 1.82) is 0 Å². The molecule has 1 heterocycles. The lowest BCUT2D eigenvalue weighted by Crippen LogP contribution is -2.38. The predicted molar refractivity (Wildman–Crippen MR) is 95.3 cm³/mol. The number of hydrogen-bond acceptors (Lipinski definition) is 4. The van der Waals surface area contributed by atoms with E-state index in [1.165, 1.54) is 6.21 Å². The minimum absolute atomic E-state index is 0.0918. The third-order valence-corrected chi connectivity index (χ3v) is 6.31. The van der Waals surface area contributed by atoms with Crippen molar-refractivity contribution in [2.24, 2.45) is 28.8 Å². The van der Waals surface area contributed by atoms with E-state index in [0.29, 0.717) is 14.5 Å². The second-order valence-electron chi connectivity index (χ2n) is 6.41. The molecular weight excluding hydrogens is 440 g/mol. The normalized spacial score (nSPS) is 31.3. The van der Waals surface area contributed by atoms with Crippen LogP contribution in [0, 0.1) is 23.7 Å². The molecule has 1 N–H and O–H groups in total. The molecule has 3 aliphatic carbocycles. The molecule has 4 atom stereocenters. The van der Waals surface area contributed by atoms with Crippen LogP contribution >= 0.6 is 31.9 Å². The van der Waals surface area contributed by atoms with Gasteiger partial charge in [-0.3, -0.25) is 9.59 Å². The summed E-state index contributed by atoms with van der Waals surface area (Å²) in [5.41, 5.74) is 0.670. The topological polar surface area (TPSA) is 70.0 Å². The number of nitrogens with zero attached hydrogens (tertiary/aromatic N) is 2. The number of imide groups is 1. The number of hydrogen-bond donors (Lipinski definition) is 1. The Hall–Kier alpha value is -1.47. The van der Waals surface area contributed by atoms with Gasteiger partial charge in [0.25, 0.3) is 11.8 Å². The molecule has 5 nitrogen and oxygen atoms in total. The summed E-state index contributed by atoms with van der Waals surface area (Å²) in [7, 11) is 0. The van der Waals surface area contributed by atoms with E-state index in [1.54, 1.807) is 12.1 Å². The summed E-state index contributed by atoms with van der Waals surface area (Å²) < 4.78 is 1.02. The Morgan fingerprint density at radius 2 is 1.54 bits per heavy atom. The summed E-state index contributed by atoms with van der Waals surface area (Å²) in [6, 6.07) is 3.35. The van der Waals surface area contributed by atoms with Gasteiger partial charge in [-0.05, 0) is 74.2 Å². The first-order chi connectivity index (χ1) is 11.5. The van der Waals surface area contributed by atoms with E-state index < -0.39 is 0 Å². The third kappa shape index (κ3) is 2.37. The average Bonchev–Trinajstić information content (AvgIpc) is 2.85. The quantitative estimate of drug-likeness (QED) is 0.423. The number of rotatable bonds is 2. The highest BCUT2D eigenvalue weighted by atomic mass is 79.9. The van der Waals surface area contributed by atoms with Crippen LogP contribution in [0.1, 0.15) is 18.4 Å². The summed E-state index contributed by atoms with van der Waals surface area (Å²) >= 11 is 6.50. The average molecular weight is 454 g/mol. The molecule has 1 aliphatic heterocycles. The summed E-state index contributed by atoms with van der Waals surface area (Å²) in [6.45, 7) is 0. The Kier molecular flexibility index (Phi) is 3.88. The molecular formula is C17H14Br2N2O3. The molecule has 5 rings (SSSR count). The van der Waals surface area contributed by atoms with Gasteiger partial charge in [-0.15, -0.1) is 0 Å². The van der Waals surface area contributed by atoms with Gasteiger partial charge in [0.15, 0.2) is 0 Å². The number of hydrazone groups is 1. The Bertz CT molecular complexity index is 750. The Balaban J connectivity index is 1.62. The smallest absolute Gasteiger partial charge is 0.254 e. The fourth-order valence-electron chi connectivity index (χ4n) is 3.96. The van der Waals surface area contributed by atoms with Gasteiger partial charge in [-0.1, -0.05) is 12.2 Å². The van der Waals surface area contributed by atoms with Crippen LogP contribution in [0.25, 0.3) is 0 Å². The van der Waals surface area contributed by atoms with E-state index in [2.05, 4.69) is 49.1 Å². The summed E-state index contributed by atoms with van der Waals surface area (Å²) in [4.78, 5) is 25.3. The minimum atomic E-state index is -0.253. The van der Waals surface area contributed by atoms with Crippen LogP contribution in [0.5, 0.6) is 5.75 Å². The van der Waals surface area contributed by atoms with Crippen molar-refractivity contribution in [2.75, 3.05) is 0 Å². The van der Waals surface area contributed by atoms with Crippen molar-refractivity contribution >= 4 is 49.9 Å². The molecule has 1 saturated heterocycles. The van der Waals surface area contributed by atoms with Crippen molar-refractivity contribution < 1.29 is 14.7 Å². The number of phenols is 1. The molecule has 1 saturated carbocycles. The monoisotopic (exact) mass is 452 g/mol. The molecule has 7 heteroatoms. The molecule has 1 aromatic carbocycles. The summed E-state index contributed by atoms with van der Waals surface area (Å²) in [5.74, 6) is -0.487. The van der Waals surface area contributed by atoms with E-state index >= 15 is 0 Å². The highest BCUT2D eigenvalue weighted by Gasteiger charge is 2.56. The second kappa shape index (κ2) is 5.81. The van der Waals surface area contributed by atoms with Crippen molar-refractivity contribution in [3.05, 3.63) is 38.8 Å². The molecule has 2 amide bonds. The first-order valence-corrected chi connectivity index (χ1v) is 9.34. The fourth-order valence-corrected chi connectivity index (χ4v) is 5.18. The summed E-state index contributed by atoms with van der Waals surface area (Å²) in [5, 5.41) is 14.9. The number of fused-ring (bicyclic) bond motifs is 1. The van der Waals surface area contributed by atoms with Crippen LogP contribution in [0.2, 0.25) is 0 Å². The first kappa shape index (κ1) is 16.0. The van der Waals surface area contributed by atoms with Gasteiger partial charge in [-0.25, -0.2) is 0 Å². The molecule has 2 fully saturated rings. The van der Waals surface area contributed by atoms with Gasteiger partial charge >= 0.3 is 0 Å². The molecule has 0 unspecified atom stereocenters. The van der Waals surface area contributed by atoms with Crippen molar-refractivity contribution in [3.8, 4) is 5.75 Å². The maximum atomic E-state index is 12.6. The van der Waals surface area contributed by atoms with E-state index in [4.69, 9.17) is 0 Å². The Morgan fingerprint density at radius 3 is 2.00 bits per heavy atom. The van der Waals surface area contributed by atoms with Gasteiger partial charge < -0.3 is 5.11 Å². The van der Waals surface area contributed by atoms with Crippen LogP contribution in [0.15, 0.2) is 38.3 Å². The van der Waals surface area contributed by atoms with Crippen LogP contribution in [-0.4, -0.2) is 28.1 Å². The number of carbonyl (C=O) groups excluding carboxylic acids is 2. The summed E-state index contributed by atoms with van der Waals surface area (Å²) in [6.07, 6.45) is 7.58. The number of carbonyl (C=O) groups is 2. The number of allylic oxidation sites excluding steroid dienone is 2. The molecule has 24 heavy (non-hydrogen) atoms. The second-order valence-corrected chi connectivity index (χ2v) is 8.12. The predicted octanol–water partition coefficient (Wildman–Crippen LogP) is 3.45. The van der Waals surface area contributed by atoms with Gasteiger partial charge in [0, 0.05) is 0 Å². The SMILES string of the molecule is O=C1[C@@H]2[C@H](C(=O)N1/N=C\c1cc(Br)c(O)c(Br)c1)[C@H]1C=C[C@H]2CC1. The molecule has 0 radical (unpaired) electrons. The van der Waals surface area contributed by atoms with E-state index in [-0.39, 0.29) is 41.2 Å². The Morgan fingerprint density at radius 1 is 1.04 bits per heavy atom. The largest absolute Gasteiger partial charge is 0.506 e. The maximum absolute atomic E-state index is 12.6. The molecule has 2 bridgehead atoms. The van der Waals surface area contributed by atoms with Crippen LogP contribution in [0.4, 0.5) is 0 Å². The zero-order valence-electron chi connectivity index (χ0n) is 12.5. The number of halogens is 2. The number of amides is 2. The maximum Gasteiger partial charge on any atom is 0.254 e. The standard InChI is InChI=1S/C17H14Br2N2O3/c18-11-5-8(6-12(19)15(11)22)7-20-21-16(23)13-9-1-2-10(4-3-9)14(13)17(21)24/h1-2,5-7,9-10,13-14,22H,3-4H2/b20-7-/t9-,10-,13-,14+/m0/s1. The fraction of sp³-hybridized carbons (Fsp3) is 0.353. The van der Waals surface area contributed by atoms with Gasteiger partial charge in [0.2, 0.25) is 0 Å². The van der Waals surface area contributed by atoms with Crippen molar-refractivity contribution in [1.82, 2.24) is 5.01 Å². The van der Waals surface area contributed by atoms with Crippen molar-refractivity contribution in [2.45, 2.75) is 12.8 Å². The Labute approximate surface area is 155 Å². The highest BCUT2D eigenvalue weighted by molar-refractivity contribution is 9.11. The van der Waals surface area contributed by atoms with Gasteiger partial charge in [-0.2, -0.15) is 10.1 Å². The number of aromatic hydroxyl groups is 1. The molecule has 0 spiro atoms. The van der Waals surface area contributed by atoms with E-state index in [0.717, 1.165) is 17.9 Å². The van der Waals surface area contributed by atoms with Crippen molar-refractivity contribution in [3.63, 3.8) is 0 Å².